The van der Waals surface area contributed by atoms with Crippen molar-refractivity contribution in [1.29, 1.82) is 0 Å². The molecule has 1 N–H and O–H groups in total. The number of rotatable bonds is 4. The zero-order valence-electron chi connectivity index (χ0n) is 30.5. The quantitative estimate of drug-likeness (QED) is 0.416. The predicted molar refractivity (Wildman–Crippen MR) is 177 cm³/mol. The van der Waals surface area contributed by atoms with Crippen LogP contribution in [0.4, 0.5) is 0 Å². The zero-order chi connectivity index (χ0) is 33.6. The van der Waals surface area contributed by atoms with Crippen LogP contribution >= 0.6 is 0 Å². The number of aliphatic hydroxyl groups excluding tert-OH is 1. The van der Waals surface area contributed by atoms with E-state index in [1.807, 2.05) is 13.8 Å². The van der Waals surface area contributed by atoms with Gasteiger partial charge in [0.1, 0.15) is 18.3 Å². The molecule has 3 unspecified atom stereocenters. The first-order valence-electron chi connectivity index (χ1n) is 19.4. The molecule has 9 nitrogen and oxygen atoms in total. The van der Waals surface area contributed by atoms with Crippen LogP contribution in [0.25, 0.3) is 0 Å². The van der Waals surface area contributed by atoms with Gasteiger partial charge in [0.05, 0.1) is 56.8 Å². The first-order chi connectivity index (χ1) is 22.7. The van der Waals surface area contributed by atoms with E-state index in [1.54, 1.807) is 0 Å². The number of hydrogen-bond donors (Lipinski definition) is 1. The van der Waals surface area contributed by atoms with Gasteiger partial charge in [-0.15, -0.1) is 0 Å². The summed E-state index contributed by atoms with van der Waals surface area (Å²) in [6.45, 7) is 20.4. The number of carbonyl (C=O) groups excluding carboxylic acids is 1. The van der Waals surface area contributed by atoms with Crippen molar-refractivity contribution in [3.8, 4) is 0 Å². The van der Waals surface area contributed by atoms with Gasteiger partial charge in [0.2, 0.25) is 0 Å². The van der Waals surface area contributed by atoms with Gasteiger partial charge in [0, 0.05) is 12.0 Å². The topological polar surface area (TPSA) is 95.9 Å². The van der Waals surface area contributed by atoms with E-state index in [-0.39, 0.29) is 59.5 Å². The monoisotopic (exact) mass is 671 g/mol. The van der Waals surface area contributed by atoms with Crippen LogP contribution in [-0.4, -0.2) is 104 Å². The summed E-state index contributed by atoms with van der Waals surface area (Å²) in [5.74, 6) is 1.48. The lowest BCUT2D eigenvalue weighted by atomic mass is 9.41. The van der Waals surface area contributed by atoms with Crippen LogP contribution < -0.4 is 0 Å². The highest BCUT2D eigenvalue weighted by Gasteiger charge is 2.84. The van der Waals surface area contributed by atoms with Crippen molar-refractivity contribution < 1.29 is 38.3 Å². The van der Waals surface area contributed by atoms with Gasteiger partial charge < -0.3 is 33.5 Å². The molecule has 0 aromatic carbocycles. The summed E-state index contributed by atoms with van der Waals surface area (Å²) in [6.07, 6.45) is 8.05. The smallest absolute Gasteiger partial charge is 0.332 e. The summed E-state index contributed by atoms with van der Waals surface area (Å²) in [5, 5.41) is 12.6. The summed E-state index contributed by atoms with van der Waals surface area (Å²) < 4.78 is 37.5. The molecule has 4 saturated heterocycles. The van der Waals surface area contributed by atoms with E-state index >= 15 is 0 Å². The zero-order valence-corrected chi connectivity index (χ0v) is 30.5. The van der Waals surface area contributed by atoms with E-state index in [2.05, 4.69) is 39.5 Å². The summed E-state index contributed by atoms with van der Waals surface area (Å²) in [7, 11) is 0. The van der Waals surface area contributed by atoms with E-state index in [0.29, 0.717) is 40.5 Å². The Hall–Kier alpha value is -0.810. The second-order valence-electron chi connectivity index (χ2n) is 19.5. The van der Waals surface area contributed by atoms with Crippen LogP contribution in [0.2, 0.25) is 0 Å². The molecule has 0 amide bonds. The van der Waals surface area contributed by atoms with Gasteiger partial charge in [-0.3, -0.25) is 4.90 Å². The average Bonchev–Trinajstić information content (AvgIpc) is 3.62. The number of aliphatic hydroxyl groups is 1. The van der Waals surface area contributed by atoms with Crippen LogP contribution in [-0.2, 0) is 33.2 Å². The van der Waals surface area contributed by atoms with Crippen molar-refractivity contribution in [2.45, 2.75) is 148 Å². The molecule has 0 bridgehead atoms. The molecule has 270 valence electrons. The highest BCUT2D eigenvalue weighted by Crippen LogP contribution is 2.89. The fourth-order valence-electron chi connectivity index (χ4n) is 14.7. The van der Waals surface area contributed by atoms with Gasteiger partial charge in [-0.1, -0.05) is 34.6 Å². The Bertz CT molecular complexity index is 1320. The van der Waals surface area contributed by atoms with Crippen LogP contribution in [0.5, 0.6) is 0 Å². The lowest BCUT2D eigenvalue weighted by Gasteiger charge is -2.64. The molecule has 4 aliphatic heterocycles. The summed E-state index contributed by atoms with van der Waals surface area (Å²) >= 11 is 0. The fraction of sp³-hybridized carbons (Fsp3) is 0.974. The number of cyclic esters (lactones) is 1. The first kappa shape index (κ1) is 33.1. The van der Waals surface area contributed by atoms with Crippen molar-refractivity contribution in [1.82, 2.24) is 4.90 Å². The number of ether oxygens (including phenoxy) is 6. The molecule has 9 fully saturated rings. The Morgan fingerprint density at radius 1 is 0.938 bits per heavy atom. The summed E-state index contributed by atoms with van der Waals surface area (Å²) in [4.78, 5) is 14.6. The lowest BCUT2D eigenvalue weighted by molar-refractivity contribution is -0.256. The maximum absolute atomic E-state index is 12.6. The second-order valence-corrected chi connectivity index (χ2v) is 19.5. The van der Waals surface area contributed by atoms with Crippen LogP contribution in [0.3, 0.4) is 0 Å². The Balaban J connectivity index is 0.950. The highest BCUT2D eigenvalue weighted by molar-refractivity contribution is 5.72. The van der Waals surface area contributed by atoms with E-state index in [9.17, 15) is 9.90 Å². The maximum atomic E-state index is 12.6. The van der Waals surface area contributed by atoms with Crippen LogP contribution in [0.1, 0.15) is 99.8 Å². The van der Waals surface area contributed by atoms with Gasteiger partial charge in [-0.25, -0.2) is 4.79 Å². The number of hydrogen-bond acceptors (Lipinski definition) is 9. The molecule has 14 atom stereocenters. The molecular weight excluding hydrogens is 610 g/mol. The van der Waals surface area contributed by atoms with Crippen molar-refractivity contribution in [2.75, 3.05) is 39.5 Å². The number of morpholine rings is 1. The third kappa shape index (κ3) is 4.19. The molecule has 0 aromatic heterocycles. The number of carbonyl (C=O) groups is 1. The van der Waals surface area contributed by atoms with E-state index in [1.165, 1.54) is 32.1 Å². The lowest BCUT2D eigenvalue weighted by Crippen LogP contribution is -2.60. The van der Waals surface area contributed by atoms with Crippen molar-refractivity contribution in [2.24, 2.45) is 50.7 Å². The van der Waals surface area contributed by atoms with Gasteiger partial charge >= 0.3 is 5.97 Å². The van der Waals surface area contributed by atoms with Crippen LogP contribution in [0.15, 0.2) is 0 Å². The SMILES string of the molecule is C[C@@H]1CC([C@@H]2OCC(=O)OC2(C)C)OC2[C@H]1[C@@]1(C)CC[C@@]34C[C@@]35CC[C@H](O[C@H]3CN(C6COC6)CCO3)C(C)(C)[C@@H]5CCC4[C@]1(C)[C@H]2O. The molecule has 5 aliphatic carbocycles. The van der Waals surface area contributed by atoms with Gasteiger partial charge in [0.15, 0.2) is 6.29 Å². The molecule has 0 aromatic rings. The Morgan fingerprint density at radius 2 is 1.69 bits per heavy atom. The molecular formula is C39H61NO8. The number of fused-ring (bicyclic) bond motifs is 4. The van der Waals surface area contributed by atoms with E-state index in [0.717, 1.165) is 52.2 Å². The normalized spacial score (nSPS) is 55.6. The molecule has 9 heteroatoms. The van der Waals surface area contributed by atoms with Crippen LogP contribution in [0, 0.1) is 50.7 Å². The van der Waals surface area contributed by atoms with E-state index < -0.39 is 11.7 Å². The Labute approximate surface area is 287 Å². The predicted octanol–water partition coefficient (Wildman–Crippen LogP) is 4.96. The van der Waals surface area contributed by atoms with Gasteiger partial charge in [-0.2, -0.15) is 0 Å². The van der Waals surface area contributed by atoms with Crippen molar-refractivity contribution in [3.63, 3.8) is 0 Å². The summed E-state index contributed by atoms with van der Waals surface area (Å²) in [5.41, 5.74) is -0.246. The number of esters is 1. The Morgan fingerprint density at radius 3 is 2.42 bits per heavy atom. The molecule has 0 radical (unpaired) electrons. The molecule has 9 aliphatic rings. The molecule has 5 saturated carbocycles. The van der Waals surface area contributed by atoms with Crippen molar-refractivity contribution in [3.05, 3.63) is 0 Å². The minimum atomic E-state index is -0.761. The number of nitrogens with zero attached hydrogens (tertiary/aromatic N) is 1. The van der Waals surface area contributed by atoms with Gasteiger partial charge in [-0.05, 0) is 111 Å². The van der Waals surface area contributed by atoms with Gasteiger partial charge in [0.25, 0.3) is 0 Å². The molecule has 9 rings (SSSR count). The molecule has 4 heterocycles. The summed E-state index contributed by atoms with van der Waals surface area (Å²) in [6, 6.07) is 0.517. The highest BCUT2D eigenvalue weighted by atomic mass is 16.7. The average molecular weight is 672 g/mol. The van der Waals surface area contributed by atoms with Crippen molar-refractivity contribution >= 4 is 5.97 Å². The maximum Gasteiger partial charge on any atom is 0.332 e. The van der Waals surface area contributed by atoms with E-state index in [4.69, 9.17) is 28.4 Å². The third-order valence-electron chi connectivity index (χ3n) is 17.1. The first-order valence-corrected chi connectivity index (χ1v) is 19.4. The minimum Gasteiger partial charge on any atom is -0.455 e. The third-order valence-corrected chi connectivity index (χ3v) is 17.1. The molecule has 48 heavy (non-hydrogen) atoms. The second kappa shape index (κ2) is 10.6. The largest absolute Gasteiger partial charge is 0.455 e. The fourth-order valence-corrected chi connectivity index (χ4v) is 14.7. The Kier molecular flexibility index (Phi) is 7.32. The minimum absolute atomic E-state index is 0.00884. The standard InChI is InChI=1S/C39H61NO8/c1-22-16-24(33-35(4,5)48-28(41)20-45-33)46-31-30(22)36(6)12-13-39-21-38(39)11-10-27(47-29-17-40(14-15-44-29)23-18-43-19-23)34(2,3)25(38)8-9-26(39)37(36,7)32(31)42/h22-27,29-33,42H,8-21H2,1-7H3/t22-,24?,25+,26?,27+,29+,30+,31?,32+,33+,36-,37-,38-,39+/m1/s1. The molecule has 2 spiro atoms.